The van der Waals surface area contributed by atoms with Gasteiger partial charge in [-0.1, -0.05) is 23.7 Å². The highest BCUT2D eigenvalue weighted by Gasteiger charge is 2.06. The molecule has 1 atom stereocenters. The second-order valence-electron chi connectivity index (χ2n) is 3.69. The Kier molecular flexibility index (Phi) is 3.49. The number of hydrogen-bond acceptors (Lipinski definition) is 2. The zero-order valence-corrected chi connectivity index (χ0v) is 10.1. The summed E-state index contributed by atoms with van der Waals surface area (Å²) < 4.78 is 6.69. The summed E-state index contributed by atoms with van der Waals surface area (Å²) in [5.74, 6) is 0. The molecule has 1 heterocycles. The summed E-state index contributed by atoms with van der Waals surface area (Å²) >= 11 is 5.83. The molecule has 0 aliphatic rings. The zero-order valence-electron chi connectivity index (χ0n) is 9.34. The van der Waals surface area contributed by atoms with Crippen molar-refractivity contribution >= 4 is 18.1 Å². The maximum atomic E-state index is 10.3. The first-order valence-corrected chi connectivity index (χ1v) is 5.61. The molecule has 0 aliphatic carbocycles. The number of ether oxygens (including phenoxy) is 1. The van der Waals surface area contributed by atoms with E-state index >= 15 is 0 Å². The van der Waals surface area contributed by atoms with Gasteiger partial charge in [0.2, 0.25) is 0 Å². The summed E-state index contributed by atoms with van der Waals surface area (Å²) in [5.41, 5.74) is 2.13. The summed E-state index contributed by atoms with van der Waals surface area (Å²) in [6.45, 7) is 2.26. The Balaban J connectivity index is 2.23. The maximum Gasteiger partial charge on any atom is 0.295 e. The molecule has 17 heavy (non-hydrogen) atoms. The van der Waals surface area contributed by atoms with Gasteiger partial charge in [-0.15, -0.1) is 0 Å². The molecular weight excluding hydrogens is 238 g/mol. The third kappa shape index (κ3) is 2.68. The van der Waals surface area contributed by atoms with Crippen molar-refractivity contribution in [2.24, 2.45) is 0 Å². The lowest BCUT2D eigenvalue weighted by Crippen LogP contribution is -2.05. The molecule has 1 aromatic carbocycles. The van der Waals surface area contributed by atoms with E-state index in [4.69, 9.17) is 16.3 Å². The van der Waals surface area contributed by atoms with Crippen molar-refractivity contribution in [3.63, 3.8) is 0 Å². The zero-order chi connectivity index (χ0) is 12.3. The van der Waals surface area contributed by atoms with Gasteiger partial charge in [-0.3, -0.25) is 4.79 Å². The number of hydrogen-bond donors (Lipinski definition) is 0. The quantitative estimate of drug-likeness (QED) is 0.777. The molecule has 3 nitrogen and oxygen atoms in total. The van der Waals surface area contributed by atoms with Crippen molar-refractivity contribution in [1.82, 2.24) is 4.57 Å². The Hall–Kier alpha value is -1.74. The SMILES string of the molecule is CC(OC=O)n1ccc(-c2ccc(Cl)cc2)c1. The van der Waals surface area contributed by atoms with Crippen molar-refractivity contribution in [2.45, 2.75) is 13.2 Å². The Morgan fingerprint density at radius 2 is 1.94 bits per heavy atom. The Labute approximate surface area is 105 Å². The minimum Gasteiger partial charge on any atom is -0.444 e. The summed E-state index contributed by atoms with van der Waals surface area (Å²) in [5, 5.41) is 0.714. The molecule has 2 rings (SSSR count). The summed E-state index contributed by atoms with van der Waals surface area (Å²) in [6.07, 6.45) is 3.50. The number of nitrogens with zero attached hydrogens (tertiary/aromatic N) is 1. The third-order valence-corrected chi connectivity index (χ3v) is 2.82. The van der Waals surface area contributed by atoms with Crippen LogP contribution in [0.5, 0.6) is 0 Å². The lowest BCUT2D eigenvalue weighted by atomic mass is 10.1. The van der Waals surface area contributed by atoms with Crippen LogP contribution in [0.3, 0.4) is 0 Å². The van der Waals surface area contributed by atoms with Crippen LogP contribution >= 0.6 is 11.6 Å². The monoisotopic (exact) mass is 249 g/mol. The molecule has 1 unspecified atom stereocenters. The largest absolute Gasteiger partial charge is 0.444 e. The van der Waals surface area contributed by atoms with Gasteiger partial charge in [0.05, 0.1) is 0 Å². The predicted molar refractivity (Wildman–Crippen MR) is 66.7 cm³/mol. The van der Waals surface area contributed by atoms with E-state index in [1.54, 1.807) is 6.92 Å². The van der Waals surface area contributed by atoms with Crippen LogP contribution < -0.4 is 0 Å². The van der Waals surface area contributed by atoms with Gasteiger partial charge in [0.25, 0.3) is 6.47 Å². The van der Waals surface area contributed by atoms with Crippen LogP contribution in [0.4, 0.5) is 0 Å². The molecule has 0 fully saturated rings. The normalized spacial score (nSPS) is 12.1. The van der Waals surface area contributed by atoms with Crippen molar-refractivity contribution in [2.75, 3.05) is 0 Å². The topological polar surface area (TPSA) is 31.2 Å². The van der Waals surface area contributed by atoms with Crippen LogP contribution in [-0.2, 0) is 9.53 Å². The smallest absolute Gasteiger partial charge is 0.295 e. The second kappa shape index (κ2) is 5.06. The number of benzene rings is 1. The number of halogens is 1. The first kappa shape index (κ1) is 11.7. The Bertz CT molecular complexity index is 504. The summed E-state index contributed by atoms with van der Waals surface area (Å²) in [6, 6.07) is 9.56. The van der Waals surface area contributed by atoms with Crippen LogP contribution in [-0.4, -0.2) is 11.0 Å². The number of carbonyl (C=O) groups is 1. The van der Waals surface area contributed by atoms with Gasteiger partial charge in [-0.25, -0.2) is 0 Å². The number of aromatic nitrogens is 1. The average molecular weight is 250 g/mol. The Morgan fingerprint density at radius 1 is 1.24 bits per heavy atom. The van der Waals surface area contributed by atoms with E-state index < -0.39 is 0 Å². The van der Waals surface area contributed by atoms with Crippen molar-refractivity contribution in [3.8, 4) is 11.1 Å². The van der Waals surface area contributed by atoms with Crippen LogP contribution in [0.1, 0.15) is 13.2 Å². The van der Waals surface area contributed by atoms with Gasteiger partial charge >= 0.3 is 0 Å². The standard InChI is InChI=1S/C13H12ClNO2/c1-10(17-9-16)15-7-6-12(8-15)11-2-4-13(14)5-3-11/h2-10H,1H3. The maximum absolute atomic E-state index is 10.3. The molecule has 0 saturated carbocycles. The van der Waals surface area contributed by atoms with Crippen LogP contribution in [0.25, 0.3) is 11.1 Å². The molecule has 0 aliphatic heterocycles. The van der Waals surface area contributed by atoms with Crippen molar-refractivity contribution < 1.29 is 9.53 Å². The number of rotatable bonds is 4. The van der Waals surface area contributed by atoms with Gasteiger partial charge in [0.1, 0.15) is 0 Å². The number of carbonyl (C=O) groups excluding carboxylic acids is 1. The van der Waals surface area contributed by atoms with Crippen LogP contribution in [0.2, 0.25) is 5.02 Å². The molecule has 2 aromatic rings. The minimum atomic E-state index is -0.298. The molecule has 0 N–H and O–H groups in total. The van der Waals surface area contributed by atoms with Gasteiger partial charge in [-0.05, 0) is 36.2 Å². The highest BCUT2D eigenvalue weighted by Crippen LogP contribution is 2.23. The van der Waals surface area contributed by atoms with Crippen LogP contribution in [0.15, 0.2) is 42.7 Å². The Morgan fingerprint density at radius 3 is 2.59 bits per heavy atom. The van der Waals surface area contributed by atoms with Gasteiger partial charge in [0, 0.05) is 17.4 Å². The third-order valence-electron chi connectivity index (χ3n) is 2.56. The fourth-order valence-corrected chi connectivity index (χ4v) is 1.73. The molecular formula is C13H12ClNO2. The molecule has 88 valence electrons. The van der Waals surface area contributed by atoms with E-state index in [1.165, 1.54) is 0 Å². The van der Waals surface area contributed by atoms with Crippen molar-refractivity contribution in [1.29, 1.82) is 0 Å². The van der Waals surface area contributed by atoms with Crippen molar-refractivity contribution in [3.05, 3.63) is 47.7 Å². The fraction of sp³-hybridized carbons (Fsp3) is 0.154. The molecule has 0 amide bonds. The van der Waals surface area contributed by atoms with Crippen LogP contribution in [0, 0.1) is 0 Å². The van der Waals surface area contributed by atoms with E-state index in [2.05, 4.69) is 0 Å². The second-order valence-corrected chi connectivity index (χ2v) is 4.12. The van der Waals surface area contributed by atoms with E-state index in [1.807, 2.05) is 47.3 Å². The predicted octanol–water partition coefficient (Wildman–Crippen LogP) is 3.50. The van der Waals surface area contributed by atoms with Gasteiger partial charge < -0.3 is 9.30 Å². The molecule has 0 bridgehead atoms. The van der Waals surface area contributed by atoms with E-state index in [9.17, 15) is 4.79 Å². The van der Waals surface area contributed by atoms with Gasteiger partial charge in [0.15, 0.2) is 6.23 Å². The van der Waals surface area contributed by atoms with E-state index in [-0.39, 0.29) is 6.23 Å². The first-order chi connectivity index (χ1) is 8.20. The molecule has 1 aromatic heterocycles. The van der Waals surface area contributed by atoms with Gasteiger partial charge in [-0.2, -0.15) is 0 Å². The van der Waals surface area contributed by atoms with E-state index in [0.29, 0.717) is 11.5 Å². The highest BCUT2D eigenvalue weighted by molar-refractivity contribution is 6.30. The highest BCUT2D eigenvalue weighted by atomic mass is 35.5. The molecule has 0 spiro atoms. The lowest BCUT2D eigenvalue weighted by Gasteiger charge is -2.10. The summed E-state index contributed by atoms with van der Waals surface area (Å²) in [4.78, 5) is 10.3. The molecule has 4 heteroatoms. The summed E-state index contributed by atoms with van der Waals surface area (Å²) in [7, 11) is 0. The average Bonchev–Trinajstić information content (AvgIpc) is 2.80. The fourth-order valence-electron chi connectivity index (χ4n) is 1.60. The molecule has 0 saturated heterocycles. The molecule has 0 radical (unpaired) electrons. The first-order valence-electron chi connectivity index (χ1n) is 5.23. The lowest BCUT2D eigenvalue weighted by molar-refractivity contribution is -0.136. The van der Waals surface area contributed by atoms with E-state index in [0.717, 1.165) is 11.1 Å². The minimum absolute atomic E-state index is 0.298.